The molecule has 0 amide bonds. The summed E-state index contributed by atoms with van der Waals surface area (Å²) in [6.07, 6.45) is 3.22. The van der Waals surface area contributed by atoms with Crippen molar-refractivity contribution in [3.05, 3.63) is 65.6 Å². The largest absolute Gasteiger partial charge is 0.496 e. The van der Waals surface area contributed by atoms with E-state index in [1.807, 2.05) is 30.3 Å². The van der Waals surface area contributed by atoms with Gasteiger partial charge < -0.3 is 15.2 Å². The number of hydrogen-bond acceptors (Lipinski definition) is 8. The predicted molar refractivity (Wildman–Crippen MR) is 122 cm³/mol. The molecule has 0 saturated carbocycles. The van der Waals surface area contributed by atoms with E-state index in [2.05, 4.69) is 20.8 Å². The molecule has 3 N–H and O–H groups in total. The molecule has 1 aromatic heterocycles. The zero-order chi connectivity index (χ0) is 22.1. The molecule has 8 heteroatoms. The number of nitrogens with zero attached hydrogens (tertiary/aromatic N) is 3. The summed E-state index contributed by atoms with van der Waals surface area (Å²) in [6.45, 7) is 1.50. The minimum absolute atomic E-state index is 0.470. The summed E-state index contributed by atoms with van der Waals surface area (Å²) < 4.78 is 14.1. The molecule has 0 saturated heterocycles. The van der Waals surface area contributed by atoms with E-state index in [-0.39, 0.29) is 0 Å². The van der Waals surface area contributed by atoms with E-state index in [1.165, 1.54) is 11.9 Å². The van der Waals surface area contributed by atoms with Gasteiger partial charge in [-0.3, -0.25) is 4.72 Å². The van der Waals surface area contributed by atoms with Gasteiger partial charge in [-0.25, -0.2) is 9.97 Å². The molecule has 3 aromatic rings. The Morgan fingerprint density at radius 1 is 1.10 bits per heavy atom. The molecule has 0 radical (unpaired) electrons. The molecular weight excluding hydrogens is 410 g/mol. The normalized spacial score (nSPS) is 10.5. The van der Waals surface area contributed by atoms with Crippen LogP contribution >= 0.6 is 11.9 Å². The van der Waals surface area contributed by atoms with Gasteiger partial charge in [0.2, 0.25) is 0 Å². The average Bonchev–Trinajstić information content (AvgIpc) is 2.82. The zero-order valence-electron chi connectivity index (χ0n) is 17.6. The molecular formula is C23H25N5O2S. The smallest absolute Gasteiger partial charge is 0.136 e. The van der Waals surface area contributed by atoms with E-state index >= 15 is 0 Å². The highest BCUT2D eigenvalue weighted by molar-refractivity contribution is 7.97. The van der Waals surface area contributed by atoms with Gasteiger partial charge in [-0.15, -0.1) is 0 Å². The van der Waals surface area contributed by atoms with Crippen LogP contribution in [0.2, 0.25) is 0 Å². The van der Waals surface area contributed by atoms with Crippen LogP contribution in [0, 0.1) is 11.3 Å². The summed E-state index contributed by atoms with van der Waals surface area (Å²) in [5.41, 5.74) is 8.64. The number of hydrogen-bond donors (Lipinski definition) is 2. The first-order valence-electron chi connectivity index (χ1n) is 9.85. The molecule has 0 aliphatic rings. The summed E-state index contributed by atoms with van der Waals surface area (Å²) in [5.74, 6) is 2.03. The second-order valence-electron chi connectivity index (χ2n) is 6.69. The van der Waals surface area contributed by atoms with Crippen molar-refractivity contribution >= 4 is 11.9 Å². The van der Waals surface area contributed by atoms with Crippen molar-refractivity contribution in [1.29, 1.82) is 5.26 Å². The minimum atomic E-state index is 0.470. The molecule has 160 valence electrons. The standard InChI is InChI=1S/C23H25N5O2S/c1-29-20-6-5-17(14-18(20)15-25)19-8-11-26-23(28-19)13-16-4-7-22(21(12-16)30-2)31-27-10-3-9-24/h4-8,11-12,14,27H,3,9-10,13,24H2,1-2H3. The lowest BCUT2D eigenvalue weighted by Crippen LogP contribution is -2.11. The molecule has 0 unspecified atom stereocenters. The summed E-state index contributed by atoms with van der Waals surface area (Å²) in [4.78, 5) is 10.1. The van der Waals surface area contributed by atoms with Crippen LogP contribution < -0.4 is 19.9 Å². The van der Waals surface area contributed by atoms with E-state index in [4.69, 9.17) is 15.2 Å². The first kappa shape index (κ1) is 22.6. The van der Waals surface area contributed by atoms with Gasteiger partial charge in [0.15, 0.2) is 0 Å². The van der Waals surface area contributed by atoms with Crippen LogP contribution in [0.3, 0.4) is 0 Å². The van der Waals surface area contributed by atoms with Gasteiger partial charge in [0.1, 0.15) is 23.4 Å². The van der Waals surface area contributed by atoms with E-state index < -0.39 is 0 Å². The first-order chi connectivity index (χ1) is 15.2. The molecule has 1 heterocycles. The van der Waals surface area contributed by atoms with Crippen molar-refractivity contribution < 1.29 is 9.47 Å². The molecule has 0 fully saturated rings. The lowest BCUT2D eigenvalue weighted by Gasteiger charge is -2.11. The molecule has 0 bridgehead atoms. The Balaban J connectivity index is 1.77. The highest BCUT2D eigenvalue weighted by Crippen LogP contribution is 2.29. The highest BCUT2D eigenvalue weighted by atomic mass is 32.2. The van der Waals surface area contributed by atoms with Crippen LogP contribution in [0.25, 0.3) is 11.3 Å². The second-order valence-corrected chi connectivity index (χ2v) is 7.62. The van der Waals surface area contributed by atoms with Crippen molar-refractivity contribution in [2.75, 3.05) is 27.3 Å². The summed E-state index contributed by atoms with van der Waals surface area (Å²) in [7, 11) is 3.21. The molecule has 7 nitrogen and oxygen atoms in total. The Hall–Kier alpha value is -3.12. The number of nitriles is 1. The van der Waals surface area contributed by atoms with Crippen molar-refractivity contribution in [3.63, 3.8) is 0 Å². The number of aromatic nitrogens is 2. The third-order valence-electron chi connectivity index (χ3n) is 4.58. The number of rotatable bonds is 10. The lowest BCUT2D eigenvalue weighted by molar-refractivity contribution is 0.404. The third-order valence-corrected chi connectivity index (χ3v) is 5.48. The molecule has 0 aliphatic carbocycles. The van der Waals surface area contributed by atoms with Gasteiger partial charge in [-0.2, -0.15) is 5.26 Å². The maximum Gasteiger partial charge on any atom is 0.136 e. The average molecular weight is 436 g/mol. The van der Waals surface area contributed by atoms with Gasteiger partial charge in [0.05, 0.1) is 30.4 Å². The Labute approximate surface area is 186 Å². The predicted octanol–water partition coefficient (Wildman–Crippen LogP) is 3.57. The fourth-order valence-electron chi connectivity index (χ4n) is 2.99. The fourth-order valence-corrected chi connectivity index (χ4v) is 3.77. The Morgan fingerprint density at radius 3 is 2.68 bits per heavy atom. The molecule has 31 heavy (non-hydrogen) atoms. The van der Waals surface area contributed by atoms with Gasteiger partial charge in [0, 0.05) is 24.7 Å². The first-order valence-corrected chi connectivity index (χ1v) is 10.7. The summed E-state index contributed by atoms with van der Waals surface area (Å²) >= 11 is 1.53. The van der Waals surface area contributed by atoms with E-state index in [1.54, 1.807) is 32.5 Å². The van der Waals surface area contributed by atoms with Crippen LogP contribution in [-0.4, -0.2) is 37.3 Å². The van der Waals surface area contributed by atoms with Crippen molar-refractivity contribution in [2.24, 2.45) is 5.73 Å². The number of methoxy groups -OCH3 is 2. The van der Waals surface area contributed by atoms with Crippen molar-refractivity contribution in [1.82, 2.24) is 14.7 Å². The second kappa shape index (κ2) is 11.3. The Bertz CT molecular complexity index is 1070. The topological polar surface area (TPSA) is 106 Å². The third kappa shape index (κ3) is 5.95. The van der Waals surface area contributed by atoms with Crippen molar-refractivity contribution in [3.8, 4) is 28.8 Å². The maximum atomic E-state index is 9.34. The number of nitrogens with two attached hydrogens (primary N) is 1. The van der Waals surface area contributed by atoms with Crippen LogP contribution in [-0.2, 0) is 6.42 Å². The van der Waals surface area contributed by atoms with Gasteiger partial charge >= 0.3 is 0 Å². The molecule has 0 spiro atoms. The van der Waals surface area contributed by atoms with Crippen LogP contribution in [0.1, 0.15) is 23.4 Å². The monoisotopic (exact) mass is 435 g/mol. The quantitative estimate of drug-likeness (QED) is 0.368. The molecule has 3 rings (SSSR count). The molecule has 0 atom stereocenters. The Kier molecular flexibility index (Phi) is 8.24. The van der Waals surface area contributed by atoms with Gasteiger partial charge in [-0.1, -0.05) is 6.07 Å². The minimum Gasteiger partial charge on any atom is -0.496 e. The van der Waals surface area contributed by atoms with Crippen LogP contribution in [0.4, 0.5) is 0 Å². The number of ether oxygens (including phenoxy) is 2. The van der Waals surface area contributed by atoms with Gasteiger partial charge in [0.25, 0.3) is 0 Å². The van der Waals surface area contributed by atoms with E-state index in [0.717, 1.165) is 40.4 Å². The van der Waals surface area contributed by atoms with Crippen LogP contribution in [0.15, 0.2) is 53.6 Å². The fraction of sp³-hybridized carbons (Fsp3) is 0.261. The van der Waals surface area contributed by atoms with E-state index in [9.17, 15) is 5.26 Å². The maximum absolute atomic E-state index is 9.34. The highest BCUT2D eigenvalue weighted by Gasteiger charge is 2.10. The number of benzene rings is 2. The van der Waals surface area contributed by atoms with Crippen molar-refractivity contribution in [2.45, 2.75) is 17.7 Å². The summed E-state index contributed by atoms with van der Waals surface area (Å²) in [6, 6.07) is 15.5. The zero-order valence-corrected chi connectivity index (χ0v) is 18.4. The Morgan fingerprint density at radius 2 is 1.94 bits per heavy atom. The number of nitrogens with one attached hydrogen (secondary N) is 1. The van der Waals surface area contributed by atoms with Crippen LogP contribution in [0.5, 0.6) is 11.5 Å². The summed E-state index contributed by atoms with van der Waals surface area (Å²) in [5, 5.41) is 9.34. The molecule has 2 aromatic carbocycles. The molecule has 0 aliphatic heterocycles. The van der Waals surface area contributed by atoms with Gasteiger partial charge in [-0.05, 0) is 66.9 Å². The van der Waals surface area contributed by atoms with E-state index in [0.29, 0.717) is 30.1 Å². The lowest BCUT2D eigenvalue weighted by atomic mass is 10.1. The SMILES string of the molecule is COc1ccc(-c2ccnc(Cc3ccc(SNCCCN)c(OC)c3)n2)cc1C#N.